The van der Waals surface area contributed by atoms with Crippen LogP contribution < -0.4 is 0 Å². The summed E-state index contributed by atoms with van der Waals surface area (Å²) in [4.78, 5) is 0. The molecule has 0 aliphatic carbocycles. The molecule has 2 saturated heterocycles. The van der Waals surface area contributed by atoms with Crippen LogP contribution in [0.5, 0.6) is 0 Å². The highest BCUT2D eigenvalue weighted by molar-refractivity contribution is 4.97. The zero-order valence-electron chi connectivity index (χ0n) is 5.52. The average Bonchev–Trinajstić information content (AvgIpc) is 2.22. The van der Waals surface area contributed by atoms with Gasteiger partial charge in [-0.3, -0.25) is 0 Å². The molecule has 2 nitrogen and oxygen atoms in total. The molecule has 2 heteroatoms. The molecule has 2 heterocycles. The fourth-order valence-electron chi connectivity index (χ4n) is 1.65. The van der Waals surface area contributed by atoms with Gasteiger partial charge in [0.15, 0.2) is 0 Å². The van der Waals surface area contributed by atoms with Crippen molar-refractivity contribution in [2.75, 3.05) is 13.1 Å². The molecule has 8 heavy (non-hydrogen) atoms. The number of hydrazine groups is 1. The lowest BCUT2D eigenvalue weighted by Gasteiger charge is -2.01. The van der Waals surface area contributed by atoms with Gasteiger partial charge in [0.25, 0.3) is 0 Å². The minimum absolute atomic E-state index is 0.429. The van der Waals surface area contributed by atoms with E-state index in [1.807, 2.05) is 0 Å². The molecular formula is C6H12N2. The van der Waals surface area contributed by atoms with Gasteiger partial charge in [-0.05, 0) is 20.3 Å². The highest BCUT2D eigenvalue weighted by atomic mass is 15.9. The van der Waals surface area contributed by atoms with Gasteiger partial charge in [-0.2, -0.15) is 0 Å². The van der Waals surface area contributed by atoms with E-state index in [1.165, 1.54) is 19.5 Å². The van der Waals surface area contributed by atoms with Crippen molar-refractivity contribution in [1.82, 2.24) is 10.0 Å². The van der Waals surface area contributed by atoms with Crippen LogP contribution in [0.25, 0.3) is 0 Å². The molecule has 0 N–H and O–H groups in total. The maximum absolute atomic E-state index is 2.42. The fourth-order valence-corrected chi connectivity index (χ4v) is 1.65. The van der Waals surface area contributed by atoms with E-state index in [0.717, 1.165) is 0 Å². The Bertz CT molecular complexity index is 108. The lowest BCUT2D eigenvalue weighted by molar-refractivity contribution is 0.412. The maximum atomic E-state index is 2.42. The molecule has 0 saturated carbocycles. The molecule has 2 aliphatic heterocycles. The molecule has 2 rings (SSSR count). The molecule has 0 aromatic heterocycles. The van der Waals surface area contributed by atoms with Gasteiger partial charge >= 0.3 is 0 Å². The van der Waals surface area contributed by atoms with Crippen molar-refractivity contribution in [2.24, 2.45) is 0 Å². The van der Waals surface area contributed by atoms with Crippen LogP contribution in [0, 0.1) is 0 Å². The maximum Gasteiger partial charge on any atom is 0.0948 e. The number of nitrogens with zero attached hydrogens (tertiary/aromatic N) is 2. The summed E-state index contributed by atoms with van der Waals surface area (Å²) in [6, 6.07) is 0. The summed E-state index contributed by atoms with van der Waals surface area (Å²) in [5.41, 5.74) is 0.429. The standard InChI is InChI=1S/C6H12N2/c1-6(2)7-4-3-5-8(6)7/h3-5H2,1-2H3. The molecule has 46 valence electrons. The number of hydrogen-bond donors (Lipinski definition) is 0. The first-order valence-electron chi connectivity index (χ1n) is 3.28. The summed E-state index contributed by atoms with van der Waals surface area (Å²) in [6.07, 6.45) is 1.36. The molecule has 2 aliphatic rings. The van der Waals surface area contributed by atoms with E-state index in [0.29, 0.717) is 5.66 Å². The van der Waals surface area contributed by atoms with E-state index >= 15 is 0 Å². The molecule has 0 amide bonds. The van der Waals surface area contributed by atoms with E-state index < -0.39 is 0 Å². The van der Waals surface area contributed by atoms with Gasteiger partial charge in [-0.1, -0.05) is 0 Å². The van der Waals surface area contributed by atoms with Gasteiger partial charge in [0, 0.05) is 13.1 Å². The van der Waals surface area contributed by atoms with E-state index in [9.17, 15) is 0 Å². The van der Waals surface area contributed by atoms with Gasteiger partial charge in [0.05, 0.1) is 5.66 Å². The van der Waals surface area contributed by atoms with Crippen molar-refractivity contribution in [1.29, 1.82) is 0 Å². The average molecular weight is 112 g/mol. The summed E-state index contributed by atoms with van der Waals surface area (Å²) >= 11 is 0. The van der Waals surface area contributed by atoms with Crippen LogP contribution in [-0.2, 0) is 0 Å². The highest BCUT2D eigenvalue weighted by Crippen LogP contribution is 2.41. The van der Waals surface area contributed by atoms with Crippen molar-refractivity contribution in [3.05, 3.63) is 0 Å². The van der Waals surface area contributed by atoms with Crippen LogP contribution in [0.2, 0.25) is 0 Å². The number of hydrogen-bond acceptors (Lipinski definition) is 2. The SMILES string of the molecule is CC1(C)N2CCCN21. The second-order valence-electron chi connectivity index (χ2n) is 3.09. The van der Waals surface area contributed by atoms with Crippen LogP contribution in [-0.4, -0.2) is 28.8 Å². The molecule has 2 fully saturated rings. The van der Waals surface area contributed by atoms with E-state index in [-0.39, 0.29) is 0 Å². The quantitative estimate of drug-likeness (QED) is 0.424. The van der Waals surface area contributed by atoms with Gasteiger partial charge in [0.2, 0.25) is 0 Å². The smallest absolute Gasteiger partial charge is 0.0948 e. The first-order valence-corrected chi connectivity index (χ1v) is 3.28. The minimum Gasteiger partial charge on any atom is -0.219 e. The minimum atomic E-state index is 0.429. The second kappa shape index (κ2) is 1.09. The van der Waals surface area contributed by atoms with Crippen molar-refractivity contribution in [2.45, 2.75) is 25.9 Å². The van der Waals surface area contributed by atoms with Gasteiger partial charge in [-0.15, -0.1) is 0 Å². The van der Waals surface area contributed by atoms with Crippen LogP contribution in [0.4, 0.5) is 0 Å². The second-order valence-corrected chi connectivity index (χ2v) is 3.09. The molecule has 0 aromatic carbocycles. The molecule has 2 unspecified atom stereocenters. The predicted molar refractivity (Wildman–Crippen MR) is 32.1 cm³/mol. The molecule has 0 spiro atoms. The zero-order valence-corrected chi connectivity index (χ0v) is 5.52. The van der Waals surface area contributed by atoms with Crippen LogP contribution >= 0.6 is 0 Å². The van der Waals surface area contributed by atoms with Gasteiger partial charge in [0.1, 0.15) is 0 Å². The molecule has 0 aromatic rings. The fraction of sp³-hybridized carbons (Fsp3) is 1.00. The highest BCUT2D eigenvalue weighted by Gasteiger charge is 2.55. The Hall–Kier alpha value is -0.0800. The third kappa shape index (κ3) is 0.361. The van der Waals surface area contributed by atoms with Crippen molar-refractivity contribution >= 4 is 0 Å². The summed E-state index contributed by atoms with van der Waals surface area (Å²) in [7, 11) is 0. The third-order valence-corrected chi connectivity index (χ3v) is 2.26. The normalized spacial score (nSPS) is 48.8. The molecular weight excluding hydrogens is 100 g/mol. The zero-order chi connectivity index (χ0) is 5.78. The topological polar surface area (TPSA) is 6.02 Å². The van der Waals surface area contributed by atoms with Crippen LogP contribution in [0.3, 0.4) is 0 Å². The van der Waals surface area contributed by atoms with E-state index in [1.54, 1.807) is 0 Å². The van der Waals surface area contributed by atoms with E-state index in [2.05, 4.69) is 23.9 Å². The van der Waals surface area contributed by atoms with E-state index in [4.69, 9.17) is 0 Å². The lowest BCUT2D eigenvalue weighted by Crippen LogP contribution is -2.14. The monoisotopic (exact) mass is 112 g/mol. The molecule has 0 radical (unpaired) electrons. The predicted octanol–water partition coefficient (Wildman–Crippen LogP) is 0.659. The lowest BCUT2D eigenvalue weighted by atomic mass is 10.2. The van der Waals surface area contributed by atoms with Crippen molar-refractivity contribution in [3.8, 4) is 0 Å². The summed E-state index contributed by atoms with van der Waals surface area (Å²) in [5.74, 6) is 0. The summed E-state index contributed by atoms with van der Waals surface area (Å²) in [6.45, 7) is 7.11. The van der Waals surface area contributed by atoms with Gasteiger partial charge < -0.3 is 0 Å². The third-order valence-electron chi connectivity index (χ3n) is 2.26. The van der Waals surface area contributed by atoms with Crippen LogP contribution in [0.15, 0.2) is 0 Å². The largest absolute Gasteiger partial charge is 0.219 e. The van der Waals surface area contributed by atoms with Crippen molar-refractivity contribution in [3.63, 3.8) is 0 Å². The molecule has 2 atom stereocenters. The van der Waals surface area contributed by atoms with Crippen LogP contribution in [0.1, 0.15) is 20.3 Å². The number of fused-ring (bicyclic) bond motifs is 1. The first kappa shape index (κ1) is 4.77. The van der Waals surface area contributed by atoms with Crippen molar-refractivity contribution < 1.29 is 0 Å². The summed E-state index contributed by atoms with van der Waals surface area (Å²) in [5, 5.41) is 4.85. The van der Waals surface area contributed by atoms with Gasteiger partial charge in [-0.25, -0.2) is 10.0 Å². The summed E-state index contributed by atoms with van der Waals surface area (Å²) < 4.78 is 0. The Morgan fingerprint density at radius 2 is 1.62 bits per heavy atom. The Labute approximate surface area is 50.0 Å². The Morgan fingerprint density at radius 3 is 1.88 bits per heavy atom. The number of rotatable bonds is 0. The Kier molecular flexibility index (Phi) is 0.649. The Balaban J connectivity index is 2.13. The Morgan fingerprint density at radius 1 is 1.12 bits per heavy atom. The molecule has 0 bridgehead atoms. The first-order chi connectivity index (χ1) is 3.73.